The number of halogens is 3. The number of fused-ring (bicyclic) bond motifs is 1. The van der Waals surface area contributed by atoms with Gasteiger partial charge in [-0.3, -0.25) is 0 Å². The molecule has 1 heterocycles. The molecule has 14 heavy (non-hydrogen) atoms. The van der Waals surface area contributed by atoms with Gasteiger partial charge in [0.05, 0.1) is 9.72 Å². The molecular formula is C9H6ClF2NS. The van der Waals surface area contributed by atoms with Crippen LogP contribution in [0.2, 0.25) is 5.02 Å². The average molecular weight is 234 g/mol. The van der Waals surface area contributed by atoms with E-state index in [9.17, 15) is 8.78 Å². The number of benzene rings is 1. The standard InChI is InChI=1S/C9H6ClF2NS/c10-7-2-4(13)1-5-6(9(11)12)3-14-8(5)7/h1-3,9H,13H2. The molecule has 0 aliphatic heterocycles. The molecule has 2 N–H and O–H groups in total. The molecule has 1 aromatic heterocycles. The monoisotopic (exact) mass is 233 g/mol. The van der Waals surface area contributed by atoms with Crippen molar-refractivity contribution in [1.29, 1.82) is 0 Å². The number of anilines is 1. The largest absolute Gasteiger partial charge is 0.399 e. The van der Waals surface area contributed by atoms with Gasteiger partial charge >= 0.3 is 0 Å². The van der Waals surface area contributed by atoms with Gasteiger partial charge in [0.1, 0.15) is 0 Å². The number of rotatable bonds is 1. The predicted octanol–water partition coefficient (Wildman–Crippen LogP) is 4.07. The molecule has 0 saturated carbocycles. The van der Waals surface area contributed by atoms with E-state index < -0.39 is 6.43 Å². The maximum absolute atomic E-state index is 12.5. The minimum Gasteiger partial charge on any atom is -0.399 e. The molecule has 0 bridgehead atoms. The molecule has 5 heteroatoms. The maximum atomic E-state index is 12.5. The summed E-state index contributed by atoms with van der Waals surface area (Å²) in [6.07, 6.45) is -2.48. The smallest absolute Gasteiger partial charge is 0.265 e. The van der Waals surface area contributed by atoms with Crippen molar-refractivity contribution in [2.24, 2.45) is 0 Å². The second-order valence-electron chi connectivity index (χ2n) is 2.87. The highest BCUT2D eigenvalue weighted by Crippen LogP contribution is 2.38. The van der Waals surface area contributed by atoms with E-state index in [-0.39, 0.29) is 5.56 Å². The van der Waals surface area contributed by atoms with Crippen LogP contribution in [0.4, 0.5) is 14.5 Å². The number of alkyl halides is 2. The molecule has 0 spiro atoms. The van der Waals surface area contributed by atoms with E-state index >= 15 is 0 Å². The third-order valence-electron chi connectivity index (χ3n) is 1.92. The van der Waals surface area contributed by atoms with E-state index in [1.807, 2.05) is 0 Å². The van der Waals surface area contributed by atoms with E-state index in [1.54, 1.807) is 6.07 Å². The highest BCUT2D eigenvalue weighted by Gasteiger charge is 2.15. The van der Waals surface area contributed by atoms with Gasteiger partial charge in [0.2, 0.25) is 0 Å². The van der Waals surface area contributed by atoms with Crippen LogP contribution in [0, 0.1) is 0 Å². The molecule has 0 fully saturated rings. The Balaban J connectivity index is 2.78. The Morgan fingerprint density at radius 2 is 2.07 bits per heavy atom. The van der Waals surface area contributed by atoms with Crippen LogP contribution in [0.1, 0.15) is 12.0 Å². The topological polar surface area (TPSA) is 26.0 Å². The van der Waals surface area contributed by atoms with Gasteiger partial charge in [0.25, 0.3) is 6.43 Å². The van der Waals surface area contributed by atoms with E-state index in [0.29, 0.717) is 20.8 Å². The summed E-state index contributed by atoms with van der Waals surface area (Å²) in [5, 5.41) is 2.30. The van der Waals surface area contributed by atoms with Crippen LogP contribution < -0.4 is 5.73 Å². The first-order chi connectivity index (χ1) is 6.59. The lowest BCUT2D eigenvalue weighted by molar-refractivity contribution is 0.153. The minimum atomic E-state index is -2.48. The molecule has 0 radical (unpaired) electrons. The lowest BCUT2D eigenvalue weighted by atomic mass is 10.1. The summed E-state index contributed by atoms with van der Waals surface area (Å²) in [6, 6.07) is 3.09. The third kappa shape index (κ3) is 1.44. The SMILES string of the molecule is Nc1cc(Cl)c2scc(C(F)F)c2c1. The van der Waals surface area contributed by atoms with Gasteiger partial charge in [0, 0.05) is 22.0 Å². The Kier molecular flexibility index (Phi) is 2.33. The number of nitrogen functional groups attached to an aromatic ring is 1. The van der Waals surface area contributed by atoms with Crippen molar-refractivity contribution in [3.05, 3.63) is 28.1 Å². The van der Waals surface area contributed by atoms with Crippen molar-refractivity contribution in [2.45, 2.75) is 6.43 Å². The maximum Gasteiger partial charge on any atom is 0.265 e. The van der Waals surface area contributed by atoms with Crippen LogP contribution in [-0.4, -0.2) is 0 Å². The molecule has 74 valence electrons. The zero-order chi connectivity index (χ0) is 10.3. The van der Waals surface area contributed by atoms with Gasteiger partial charge < -0.3 is 5.73 Å². The highest BCUT2D eigenvalue weighted by molar-refractivity contribution is 7.18. The summed E-state index contributed by atoms with van der Waals surface area (Å²) in [4.78, 5) is 0. The fourth-order valence-electron chi connectivity index (χ4n) is 1.30. The third-order valence-corrected chi connectivity index (χ3v) is 3.37. The van der Waals surface area contributed by atoms with Gasteiger partial charge in [-0.1, -0.05) is 11.6 Å². The minimum absolute atomic E-state index is 0.000741. The molecule has 0 atom stereocenters. The second kappa shape index (κ2) is 3.37. The zero-order valence-corrected chi connectivity index (χ0v) is 8.50. The fraction of sp³-hybridized carbons (Fsp3) is 0.111. The molecule has 0 saturated heterocycles. The molecule has 2 rings (SSSR count). The Bertz CT molecular complexity index is 481. The van der Waals surface area contributed by atoms with Gasteiger partial charge in [-0.25, -0.2) is 8.78 Å². The summed E-state index contributed by atoms with van der Waals surface area (Å²) in [5.41, 5.74) is 5.93. The van der Waals surface area contributed by atoms with Crippen molar-refractivity contribution >= 4 is 38.7 Å². The van der Waals surface area contributed by atoms with Gasteiger partial charge in [-0.15, -0.1) is 11.3 Å². The Morgan fingerprint density at radius 1 is 1.36 bits per heavy atom. The molecule has 0 aliphatic carbocycles. The van der Waals surface area contributed by atoms with Gasteiger partial charge in [0.15, 0.2) is 0 Å². The van der Waals surface area contributed by atoms with Crippen molar-refractivity contribution in [2.75, 3.05) is 5.73 Å². The van der Waals surface area contributed by atoms with Crippen molar-refractivity contribution in [3.63, 3.8) is 0 Å². The van der Waals surface area contributed by atoms with Crippen molar-refractivity contribution in [1.82, 2.24) is 0 Å². The van der Waals surface area contributed by atoms with Gasteiger partial charge in [-0.05, 0) is 12.1 Å². The van der Waals surface area contributed by atoms with Gasteiger partial charge in [-0.2, -0.15) is 0 Å². The van der Waals surface area contributed by atoms with Crippen molar-refractivity contribution < 1.29 is 8.78 Å². The van der Waals surface area contributed by atoms with Crippen LogP contribution >= 0.6 is 22.9 Å². The summed E-state index contributed by atoms with van der Waals surface area (Å²) in [7, 11) is 0. The molecule has 1 aromatic carbocycles. The van der Waals surface area contributed by atoms with E-state index in [4.69, 9.17) is 17.3 Å². The number of thiophene rings is 1. The highest BCUT2D eigenvalue weighted by atomic mass is 35.5. The molecule has 0 aliphatic rings. The first kappa shape index (κ1) is 9.68. The Labute approximate surface area is 88.1 Å². The van der Waals surface area contributed by atoms with Crippen LogP contribution in [0.3, 0.4) is 0 Å². The van der Waals surface area contributed by atoms with E-state index in [1.165, 1.54) is 22.8 Å². The lowest BCUT2D eigenvalue weighted by Crippen LogP contribution is -1.86. The first-order valence-corrected chi connectivity index (χ1v) is 5.09. The summed E-state index contributed by atoms with van der Waals surface area (Å²) in [5.74, 6) is 0. The fourth-order valence-corrected chi connectivity index (χ4v) is 2.61. The molecule has 1 nitrogen and oxygen atoms in total. The Hall–Kier alpha value is -0.870. The molecule has 0 unspecified atom stereocenters. The van der Waals surface area contributed by atoms with Crippen LogP contribution in [0.25, 0.3) is 10.1 Å². The van der Waals surface area contributed by atoms with Crippen molar-refractivity contribution in [3.8, 4) is 0 Å². The second-order valence-corrected chi connectivity index (χ2v) is 4.16. The Morgan fingerprint density at radius 3 is 2.71 bits per heavy atom. The number of hydrogen-bond donors (Lipinski definition) is 1. The first-order valence-electron chi connectivity index (χ1n) is 3.84. The summed E-state index contributed by atoms with van der Waals surface area (Å²) < 4.78 is 25.7. The van der Waals surface area contributed by atoms with Crippen LogP contribution in [-0.2, 0) is 0 Å². The number of nitrogens with two attached hydrogens (primary N) is 1. The normalized spacial score (nSPS) is 11.4. The quantitative estimate of drug-likeness (QED) is 0.738. The lowest BCUT2D eigenvalue weighted by Gasteiger charge is -2.00. The summed E-state index contributed by atoms with van der Waals surface area (Å²) >= 11 is 7.08. The summed E-state index contributed by atoms with van der Waals surface area (Å²) in [6.45, 7) is 0. The van der Waals surface area contributed by atoms with Crippen LogP contribution in [0.5, 0.6) is 0 Å². The zero-order valence-electron chi connectivity index (χ0n) is 6.93. The van der Waals surface area contributed by atoms with E-state index in [0.717, 1.165) is 0 Å². The van der Waals surface area contributed by atoms with E-state index in [2.05, 4.69) is 0 Å². The predicted molar refractivity (Wildman–Crippen MR) is 56.2 cm³/mol. The van der Waals surface area contributed by atoms with Crippen LogP contribution in [0.15, 0.2) is 17.5 Å². The molecule has 0 amide bonds. The molecular weight excluding hydrogens is 228 g/mol. The number of hydrogen-bond acceptors (Lipinski definition) is 2. The average Bonchev–Trinajstić information content (AvgIpc) is 2.47. The molecule has 2 aromatic rings.